The molecule has 2 aromatic rings. The van der Waals surface area contributed by atoms with Gasteiger partial charge in [0.1, 0.15) is 17.7 Å². The molecule has 1 N–H and O–H groups in total. The number of fused-ring (bicyclic) bond motifs is 1. The summed E-state index contributed by atoms with van der Waals surface area (Å²) < 4.78 is 15.0. The van der Waals surface area contributed by atoms with Crippen molar-refractivity contribution in [3.63, 3.8) is 0 Å². The van der Waals surface area contributed by atoms with Gasteiger partial charge >= 0.3 is 0 Å². The van der Waals surface area contributed by atoms with Crippen molar-refractivity contribution in [3.8, 4) is 0 Å². The summed E-state index contributed by atoms with van der Waals surface area (Å²) in [6.07, 6.45) is 1.34. The summed E-state index contributed by atoms with van der Waals surface area (Å²) in [7, 11) is 0. The van der Waals surface area contributed by atoms with Crippen molar-refractivity contribution in [2.45, 2.75) is 32.7 Å². The highest BCUT2D eigenvalue weighted by atomic mass is 19.1. The number of ketones is 1. The molecule has 0 radical (unpaired) electrons. The van der Waals surface area contributed by atoms with Gasteiger partial charge < -0.3 is 5.32 Å². The van der Waals surface area contributed by atoms with Crippen LogP contribution in [-0.4, -0.2) is 20.5 Å². The van der Waals surface area contributed by atoms with Gasteiger partial charge in [-0.2, -0.15) is 10.1 Å². The lowest BCUT2D eigenvalue weighted by Crippen LogP contribution is -2.33. The van der Waals surface area contributed by atoms with E-state index in [9.17, 15) is 9.18 Å². The number of carbonyl (C=O) groups excluding carboxylic acids is 1. The second kappa shape index (κ2) is 5.01. The Morgan fingerprint density at radius 2 is 2.00 bits per heavy atom. The molecule has 4 rings (SSSR count). The van der Waals surface area contributed by atoms with Crippen molar-refractivity contribution >= 4 is 11.7 Å². The van der Waals surface area contributed by atoms with Gasteiger partial charge in [-0.3, -0.25) is 4.79 Å². The quantitative estimate of drug-likeness (QED) is 0.879. The van der Waals surface area contributed by atoms with Gasteiger partial charge in [-0.15, -0.1) is 0 Å². The Kier molecular flexibility index (Phi) is 3.07. The Balaban J connectivity index is 1.91. The van der Waals surface area contributed by atoms with Gasteiger partial charge in [-0.25, -0.2) is 9.07 Å². The molecule has 118 valence electrons. The number of benzene rings is 1. The van der Waals surface area contributed by atoms with Gasteiger partial charge in [0.15, 0.2) is 5.78 Å². The van der Waals surface area contributed by atoms with Crippen LogP contribution < -0.4 is 5.32 Å². The normalized spacial score (nSPS) is 23.3. The van der Waals surface area contributed by atoms with Crippen molar-refractivity contribution in [1.82, 2.24) is 14.8 Å². The Morgan fingerprint density at radius 1 is 1.26 bits per heavy atom. The van der Waals surface area contributed by atoms with Crippen LogP contribution >= 0.6 is 0 Å². The maximum Gasteiger partial charge on any atom is 0.226 e. The number of anilines is 1. The van der Waals surface area contributed by atoms with E-state index in [1.807, 2.05) is 6.92 Å². The smallest absolute Gasteiger partial charge is 0.226 e. The molecule has 0 amide bonds. The molecular formula is C17H17FN4O. The summed E-state index contributed by atoms with van der Waals surface area (Å²) in [6.45, 7) is 3.89. The first kappa shape index (κ1) is 14.1. The van der Waals surface area contributed by atoms with Crippen LogP contribution in [-0.2, 0) is 4.79 Å². The number of aryl methyl sites for hydroxylation is 1. The van der Waals surface area contributed by atoms with E-state index in [1.165, 1.54) is 12.1 Å². The first-order chi connectivity index (χ1) is 11.0. The summed E-state index contributed by atoms with van der Waals surface area (Å²) in [4.78, 5) is 17.1. The second-order valence-corrected chi connectivity index (χ2v) is 6.34. The van der Waals surface area contributed by atoms with Gasteiger partial charge in [0.2, 0.25) is 5.95 Å². The summed E-state index contributed by atoms with van der Waals surface area (Å²) in [5.74, 6) is 1.41. The third-order valence-corrected chi connectivity index (χ3v) is 4.42. The number of allylic oxidation sites excluding steroid dienone is 2. The lowest BCUT2D eigenvalue weighted by atomic mass is 9.81. The molecular weight excluding hydrogens is 295 g/mol. The zero-order valence-electron chi connectivity index (χ0n) is 13.0. The highest BCUT2D eigenvalue weighted by molar-refractivity contribution is 5.99. The fourth-order valence-corrected chi connectivity index (χ4v) is 3.47. The molecule has 0 saturated heterocycles. The SMILES string of the molecule is Cc1nc2n(n1)[C@H](c1ccc(F)cc1)C1=C(C[C@H](C)CC1=O)N2. The number of aromatic nitrogens is 3. The molecule has 1 aromatic heterocycles. The minimum Gasteiger partial charge on any atom is -0.328 e. The molecule has 0 bridgehead atoms. The maximum absolute atomic E-state index is 13.3. The predicted molar refractivity (Wildman–Crippen MR) is 83.4 cm³/mol. The number of hydrogen-bond donors (Lipinski definition) is 1. The summed E-state index contributed by atoms with van der Waals surface area (Å²) >= 11 is 0. The van der Waals surface area contributed by atoms with Crippen molar-refractivity contribution in [2.75, 3.05) is 5.32 Å². The minimum atomic E-state index is -0.344. The molecule has 2 heterocycles. The number of nitrogens with one attached hydrogen (secondary N) is 1. The van der Waals surface area contributed by atoms with Gasteiger partial charge in [-0.05, 0) is 37.0 Å². The zero-order chi connectivity index (χ0) is 16.1. The van der Waals surface area contributed by atoms with Crippen LogP contribution in [0.5, 0.6) is 0 Å². The fourth-order valence-electron chi connectivity index (χ4n) is 3.47. The van der Waals surface area contributed by atoms with E-state index in [0.717, 1.165) is 23.3 Å². The molecule has 2 aliphatic rings. The van der Waals surface area contributed by atoms with E-state index in [-0.39, 0.29) is 17.6 Å². The van der Waals surface area contributed by atoms with E-state index in [2.05, 4.69) is 22.3 Å². The molecule has 0 spiro atoms. The van der Waals surface area contributed by atoms with E-state index >= 15 is 0 Å². The van der Waals surface area contributed by atoms with Crippen LogP contribution in [0.25, 0.3) is 0 Å². The fraction of sp³-hybridized carbons (Fsp3) is 0.353. The van der Waals surface area contributed by atoms with Crippen molar-refractivity contribution in [3.05, 3.63) is 52.7 Å². The monoisotopic (exact) mass is 312 g/mol. The molecule has 1 aliphatic carbocycles. The van der Waals surface area contributed by atoms with Gasteiger partial charge in [0.05, 0.1) is 0 Å². The van der Waals surface area contributed by atoms with Crippen LogP contribution in [0.2, 0.25) is 0 Å². The van der Waals surface area contributed by atoms with Crippen LogP contribution in [0.1, 0.15) is 37.2 Å². The van der Waals surface area contributed by atoms with Gasteiger partial charge in [-0.1, -0.05) is 19.1 Å². The first-order valence-corrected chi connectivity index (χ1v) is 7.75. The lowest BCUT2D eigenvalue weighted by molar-refractivity contribution is -0.117. The molecule has 23 heavy (non-hydrogen) atoms. The molecule has 1 aliphatic heterocycles. The Labute approximate surface area is 133 Å². The molecule has 0 fully saturated rings. The number of rotatable bonds is 1. The second-order valence-electron chi connectivity index (χ2n) is 6.34. The highest BCUT2D eigenvalue weighted by Crippen LogP contribution is 2.41. The maximum atomic E-state index is 13.3. The summed E-state index contributed by atoms with van der Waals surface area (Å²) in [5.41, 5.74) is 2.49. The van der Waals surface area contributed by atoms with E-state index in [4.69, 9.17) is 0 Å². The zero-order valence-corrected chi connectivity index (χ0v) is 13.0. The minimum absolute atomic E-state index is 0.124. The van der Waals surface area contributed by atoms with Crippen molar-refractivity contribution in [2.24, 2.45) is 5.92 Å². The molecule has 6 heteroatoms. The Morgan fingerprint density at radius 3 is 2.74 bits per heavy atom. The molecule has 2 atom stereocenters. The van der Waals surface area contributed by atoms with Gasteiger partial charge in [0, 0.05) is 17.7 Å². The highest BCUT2D eigenvalue weighted by Gasteiger charge is 2.38. The van der Waals surface area contributed by atoms with E-state index in [0.29, 0.717) is 24.1 Å². The average Bonchev–Trinajstić information content (AvgIpc) is 2.85. The van der Waals surface area contributed by atoms with Crippen molar-refractivity contribution < 1.29 is 9.18 Å². The average molecular weight is 312 g/mol. The Hall–Kier alpha value is -2.50. The number of carbonyl (C=O) groups is 1. The third kappa shape index (κ3) is 2.25. The van der Waals surface area contributed by atoms with Crippen LogP contribution in [0.15, 0.2) is 35.5 Å². The largest absolute Gasteiger partial charge is 0.328 e. The number of hydrogen-bond acceptors (Lipinski definition) is 4. The number of Topliss-reactive ketones (excluding diaryl/α,β-unsaturated/α-hetero) is 1. The lowest BCUT2D eigenvalue weighted by Gasteiger charge is -2.34. The van der Waals surface area contributed by atoms with Crippen LogP contribution in [0.4, 0.5) is 10.3 Å². The first-order valence-electron chi connectivity index (χ1n) is 7.75. The number of halogens is 1. The summed E-state index contributed by atoms with van der Waals surface area (Å²) in [5, 5.41) is 7.70. The van der Waals surface area contributed by atoms with Crippen LogP contribution in [0.3, 0.4) is 0 Å². The summed E-state index contributed by atoms with van der Waals surface area (Å²) in [6, 6.07) is 5.90. The van der Waals surface area contributed by atoms with Crippen molar-refractivity contribution in [1.29, 1.82) is 0 Å². The topological polar surface area (TPSA) is 59.8 Å². The van der Waals surface area contributed by atoms with E-state index in [1.54, 1.807) is 16.8 Å². The Bertz CT molecular complexity index is 822. The molecule has 1 aromatic carbocycles. The third-order valence-electron chi connectivity index (χ3n) is 4.42. The predicted octanol–water partition coefficient (Wildman–Crippen LogP) is 2.99. The van der Waals surface area contributed by atoms with E-state index < -0.39 is 0 Å². The molecule has 0 unspecified atom stereocenters. The molecule has 0 saturated carbocycles. The van der Waals surface area contributed by atoms with Crippen LogP contribution in [0, 0.1) is 18.7 Å². The molecule has 5 nitrogen and oxygen atoms in total. The van der Waals surface area contributed by atoms with Gasteiger partial charge in [0.25, 0.3) is 0 Å². The standard InChI is InChI=1S/C17H17FN4O/c1-9-7-13-15(14(23)8-9)16(11-3-5-12(18)6-4-11)22-17(20-13)19-10(2)21-22/h3-6,9,16H,7-8H2,1-2H3,(H,19,20,21)/t9-,16+/m0/s1. The number of nitrogens with zero attached hydrogens (tertiary/aromatic N) is 3.